The summed E-state index contributed by atoms with van der Waals surface area (Å²) in [6, 6.07) is 6.90. The number of rotatable bonds is 8. The highest BCUT2D eigenvalue weighted by molar-refractivity contribution is 5.02. The van der Waals surface area contributed by atoms with Crippen LogP contribution in [0.2, 0.25) is 0 Å². The zero-order valence-corrected chi connectivity index (χ0v) is 14.5. The van der Waals surface area contributed by atoms with Gasteiger partial charge in [-0.05, 0) is 69.2 Å². The molecule has 0 aromatic carbocycles. The Morgan fingerprint density at radius 3 is 2.70 bits per heavy atom. The summed E-state index contributed by atoms with van der Waals surface area (Å²) in [5.41, 5.74) is 1.13. The lowest BCUT2D eigenvalue weighted by atomic mass is 9.69. The predicted octanol–water partition coefficient (Wildman–Crippen LogP) is 3.90. The van der Waals surface area contributed by atoms with Crippen LogP contribution in [0.3, 0.4) is 0 Å². The van der Waals surface area contributed by atoms with E-state index in [9.17, 15) is 0 Å². The maximum Gasteiger partial charge on any atom is 0.0541 e. The molecule has 0 aliphatic heterocycles. The number of nitrogens with zero attached hydrogens (tertiary/aromatic N) is 1. The highest BCUT2D eigenvalue weighted by Gasteiger charge is 2.31. The Bertz CT molecular complexity index is 434. The second-order valence-corrected chi connectivity index (χ2v) is 7.47. The van der Waals surface area contributed by atoms with E-state index in [0.29, 0.717) is 0 Å². The van der Waals surface area contributed by atoms with Gasteiger partial charge in [-0.1, -0.05) is 31.7 Å². The Morgan fingerprint density at radius 2 is 1.83 bits per heavy atom. The fraction of sp³-hybridized carbons (Fsp3) is 0.750. The van der Waals surface area contributed by atoms with Crippen LogP contribution in [0.5, 0.6) is 0 Å². The molecule has 3 atom stereocenters. The van der Waals surface area contributed by atoms with Gasteiger partial charge in [-0.25, -0.2) is 0 Å². The molecule has 2 N–H and O–H groups in total. The van der Waals surface area contributed by atoms with Gasteiger partial charge in [0.15, 0.2) is 0 Å². The van der Waals surface area contributed by atoms with Crippen molar-refractivity contribution in [1.82, 2.24) is 15.6 Å². The number of unbranched alkanes of at least 4 members (excludes halogenated alkanes) is 1. The van der Waals surface area contributed by atoms with Crippen LogP contribution in [0.1, 0.15) is 63.5 Å². The molecule has 0 spiro atoms. The third-order valence-electron chi connectivity index (χ3n) is 5.79. The first-order valence-corrected chi connectivity index (χ1v) is 9.76. The molecule has 128 valence electrons. The fourth-order valence-corrected chi connectivity index (χ4v) is 4.46. The van der Waals surface area contributed by atoms with Gasteiger partial charge < -0.3 is 10.6 Å². The first-order chi connectivity index (χ1) is 11.4. The molecule has 1 aromatic rings. The number of hydrogen-bond donors (Lipinski definition) is 2. The maximum absolute atomic E-state index is 4.33. The molecule has 2 fully saturated rings. The van der Waals surface area contributed by atoms with Crippen molar-refractivity contribution >= 4 is 0 Å². The van der Waals surface area contributed by atoms with Crippen LogP contribution in [0.15, 0.2) is 24.4 Å². The zero-order chi connectivity index (χ0) is 15.7. The van der Waals surface area contributed by atoms with Crippen molar-refractivity contribution in [2.24, 2.45) is 11.8 Å². The zero-order valence-electron chi connectivity index (χ0n) is 14.5. The van der Waals surface area contributed by atoms with Crippen molar-refractivity contribution in [2.75, 3.05) is 13.1 Å². The van der Waals surface area contributed by atoms with Gasteiger partial charge in [0.05, 0.1) is 5.69 Å². The third-order valence-corrected chi connectivity index (χ3v) is 5.79. The Balaban J connectivity index is 1.20. The number of hydrogen-bond acceptors (Lipinski definition) is 3. The topological polar surface area (TPSA) is 37.0 Å². The van der Waals surface area contributed by atoms with Crippen LogP contribution < -0.4 is 10.6 Å². The lowest BCUT2D eigenvalue weighted by Gasteiger charge is -2.39. The minimum Gasteiger partial charge on any atom is -0.314 e. The molecule has 0 saturated heterocycles. The number of aromatic nitrogens is 1. The Labute approximate surface area is 141 Å². The second kappa shape index (κ2) is 9.39. The molecule has 3 nitrogen and oxygen atoms in total. The Morgan fingerprint density at radius 1 is 0.957 bits per heavy atom. The smallest absolute Gasteiger partial charge is 0.0541 e. The number of nitrogens with one attached hydrogen (secondary N) is 2. The van der Waals surface area contributed by atoms with Gasteiger partial charge in [0.25, 0.3) is 0 Å². The standard InChI is InChI=1S/C20H33N3/c1-2-8-18-15-19(11-10-17(18)7-1)22-14-6-5-12-21-16-20-9-3-4-13-23-20/h3-4,9,13,17-19,21-22H,1-2,5-8,10-12,14-16H2/t17?,18?,19-/m1/s1. The molecule has 0 bridgehead atoms. The fourth-order valence-electron chi connectivity index (χ4n) is 4.46. The highest BCUT2D eigenvalue weighted by Crippen LogP contribution is 2.40. The quantitative estimate of drug-likeness (QED) is 0.714. The average Bonchev–Trinajstić information content (AvgIpc) is 2.61. The molecule has 2 aliphatic rings. The van der Waals surface area contributed by atoms with Crippen LogP contribution in [-0.4, -0.2) is 24.1 Å². The van der Waals surface area contributed by atoms with Crippen molar-refractivity contribution in [3.63, 3.8) is 0 Å². The molecular weight excluding hydrogens is 282 g/mol. The molecule has 3 rings (SSSR count). The summed E-state index contributed by atoms with van der Waals surface area (Å²) in [5.74, 6) is 2.10. The number of fused-ring (bicyclic) bond motifs is 1. The number of pyridine rings is 1. The first kappa shape index (κ1) is 16.9. The van der Waals surface area contributed by atoms with E-state index in [4.69, 9.17) is 0 Å². The summed E-state index contributed by atoms with van der Waals surface area (Å²) >= 11 is 0. The van der Waals surface area contributed by atoms with E-state index in [1.807, 2.05) is 12.3 Å². The van der Waals surface area contributed by atoms with E-state index >= 15 is 0 Å². The van der Waals surface area contributed by atoms with Gasteiger partial charge in [0.1, 0.15) is 0 Å². The monoisotopic (exact) mass is 315 g/mol. The van der Waals surface area contributed by atoms with E-state index in [0.717, 1.165) is 36.7 Å². The van der Waals surface area contributed by atoms with Crippen molar-refractivity contribution in [3.8, 4) is 0 Å². The van der Waals surface area contributed by atoms with Gasteiger partial charge in [-0.3, -0.25) is 4.98 Å². The van der Waals surface area contributed by atoms with Crippen LogP contribution in [0.25, 0.3) is 0 Å². The summed E-state index contributed by atoms with van der Waals surface area (Å²) in [5, 5.41) is 7.31. The summed E-state index contributed by atoms with van der Waals surface area (Å²) in [6.07, 6.45) is 14.7. The highest BCUT2D eigenvalue weighted by atomic mass is 14.9. The molecule has 23 heavy (non-hydrogen) atoms. The molecule has 0 amide bonds. The minimum absolute atomic E-state index is 0.802. The van der Waals surface area contributed by atoms with Gasteiger partial charge in [0.2, 0.25) is 0 Å². The lowest BCUT2D eigenvalue weighted by Crippen LogP contribution is -2.39. The molecule has 2 aliphatic carbocycles. The Hall–Kier alpha value is -0.930. The summed E-state index contributed by atoms with van der Waals surface area (Å²) < 4.78 is 0. The van der Waals surface area contributed by atoms with Crippen molar-refractivity contribution in [1.29, 1.82) is 0 Å². The first-order valence-electron chi connectivity index (χ1n) is 9.76. The molecule has 2 saturated carbocycles. The summed E-state index contributed by atoms with van der Waals surface area (Å²) in [6.45, 7) is 3.17. The van der Waals surface area contributed by atoms with Crippen LogP contribution >= 0.6 is 0 Å². The van der Waals surface area contributed by atoms with Crippen LogP contribution in [0.4, 0.5) is 0 Å². The molecule has 0 radical (unpaired) electrons. The largest absolute Gasteiger partial charge is 0.314 e. The van der Waals surface area contributed by atoms with E-state index in [-0.39, 0.29) is 0 Å². The van der Waals surface area contributed by atoms with Crippen molar-refractivity contribution in [2.45, 2.75) is 70.4 Å². The van der Waals surface area contributed by atoms with Crippen LogP contribution in [-0.2, 0) is 6.54 Å². The molecule has 1 aromatic heterocycles. The van der Waals surface area contributed by atoms with Gasteiger partial charge in [-0.2, -0.15) is 0 Å². The van der Waals surface area contributed by atoms with E-state index in [1.54, 1.807) is 0 Å². The van der Waals surface area contributed by atoms with E-state index < -0.39 is 0 Å². The van der Waals surface area contributed by atoms with Crippen molar-refractivity contribution < 1.29 is 0 Å². The molecule has 1 heterocycles. The summed E-state index contributed by atoms with van der Waals surface area (Å²) in [4.78, 5) is 4.33. The SMILES string of the molecule is c1ccc(CNCCCCN[C@@H]2CCC3CCCCC3C2)nc1. The van der Waals surface area contributed by atoms with E-state index in [2.05, 4.69) is 27.8 Å². The minimum atomic E-state index is 0.802. The van der Waals surface area contributed by atoms with E-state index in [1.165, 1.54) is 64.3 Å². The van der Waals surface area contributed by atoms with Crippen molar-refractivity contribution in [3.05, 3.63) is 30.1 Å². The third kappa shape index (κ3) is 5.58. The second-order valence-electron chi connectivity index (χ2n) is 7.47. The average molecular weight is 316 g/mol. The predicted molar refractivity (Wildman–Crippen MR) is 96.3 cm³/mol. The van der Waals surface area contributed by atoms with Gasteiger partial charge >= 0.3 is 0 Å². The molecule has 3 heteroatoms. The maximum atomic E-state index is 4.33. The normalized spacial score (nSPS) is 27.6. The molecular formula is C20H33N3. The van der Waals surface area contributed by atoms with Gasteiger partial charge in [-0.15, -0.1) is 0 Å². The van der Waals surface area contributed by atoms with Crippen LogP contribution in [0, 0.1) is 11.8 Å². The summed E-state index contributed by atoms with van der Waals surface area (Å²) in [7, 11) is 0. The lowest BCUT2D eigenvalue weighted by molar-refractivity contribution is 0.144. The molecule has 2 unspecified atom stereocenters. The Kier molecular flexibility index (Phi) is 6.90. The van der Waals surface area contributed by atoms with Gasteiger partial charge in [0, 0.05) is 18.8 Å².